The molecule has 1 atom stereocenters. The second-order valence-corrected chi connectivity index (χ2v) is 7.39. The van der Waals surface area contributed by atoms with E-state index in [-0.39, 0.29) is 23.8 Å². The maximum Gasteiger partial charge on any atom is 0.245 e. The van der Waals surface area contributed by atoms with Gasteiger partial charge >= 0.3 is 0 Å². The van der Waals surface area contributed by atoms with Crippen molar-refractivity contribution in [3.63, 3.8) is 0 Å². The summed E-state index contributed by atoms with van der Waals surface area (Å²) in [4.78, 5) is 28.7. The number of nitrogens with zero attached hydrogens (tertiary/aromatic N) is 2. The average molecular weight is 364 g/mol. The first-order valence-electron chi connectivity index (χ1n) is 9.11. The van der Waals surface area contributed by atoms with Gasteiger partial charge in [-0.1, -0.05) is 36.6 Å². The van der Waals surface area contributed by atoms with E-state index in [1.54, 1.807) is 0 Å². The molecule has 1 aromatic carbocycles. The van der Waals surface area contributed by atoms with Gasteiger partial charge in [0.15, 0.2) is 0 Å². The molecule has 1 aromatic rings. The summed E-state index contributed by atoms with van der Waals surface area (Å²) in [5.74, 6) is 0.221. The van der Waals surface area contributed by atoms with Crippen LogP contribution in [0.3, 0.4) is 0 Å². The van der Waals surface area contributed by atoms with E-state index in [9.17, 15) is 9.59 Å². The molecule has 5 nitrogen and oxygen atoms in total. The van der Waals surface area contributed by atoms with Crippen LogP contribution >= 0.6 is 11.6 Å². The molecular formula is C19H26ClN3O2. The van der Waals surface area contributed by atoms with Crippen LogP contribution in [0.4, 0.5) is 5.69 Å². The van der Waals surface area contributed by atoms with Crippen molar-refractivity contribution in [3.8, 4) is 0 Å². The van der Waals surface area contributed by atoms with Gasteiger partial charge in [0.05, 0.1) is 10.7 Å². The minimum Gasteiger partial charge on any atom is -0.367 e. The molecule has 2 aliphatic rings. The lowest BCUT2D eigenvalue weighted by Gasteiger charge is -2.38. The minimum atomic E-state index is -0.369. The number of carbonyl (C=O) groups is 2. The summed E-state index contributed by atoms with van der Waals surface area (Å²) in [6, 6.07) is 7.43. The van der Waals surface area contributed by atoms with Gasteiger partial charge in [0, 0.05) is 33.1 Å². The molecule has 3 rings (SSSR count). The third-order valence-corrected chi connectivity index (χ3v) is 5.60. The van der Waals surface area contributed by atoms with Crippen LogP contribution in [-0.4, -0.2) is 48.9 Å². The van der Waals surface area contributed by atoms with Gasteiger partial charge in [-0.2, -0.15) is 0 Å². The van der Waals surface area contributed by atoms with Crippen LogP contribution in [0, 0.1) is 5.92 Å². The van der Waals surface area contributed by atoms with Gasteiger partial charge < -0.3 is 15.1 Å². The molecule has 2 fully saturated rings. The second-order valence-electron chi connectivity index (χ2n) is 6.99. The summed E-state index contributed by atoms with van der Waals surface area (Å²) in [6.45, 7) is 4.32. The van der Waals surface area contributed by atoms with Crippen LogP contribution in [0.25, 0.3) is 0 Å². The molecule has 1 aliphatic heterocycles. The number of anilines is 1. The van der Waals surface area contributed by atoms with Gasteiger partial charge in [0.1, 0.15) is 6.04 Å². The van der Waals surface area contributed by atoms with Gasteiger partial charge in [-0.25, -0.2) is 0 Å². The molecule has 6 heteroatoms. The van der Waals surface area contributed by atoms with E-state index < -0.39 is 0 Å². The number of para-hydroxylation sites is 1. The zero-order valence-electron chi connectivity index (χ0n) is 14.7. The summed E-state index contributed by atoms with van der Waals surface area (Å²) in [7, 11) is 0. The van der Waals surface area contributed by atoms with Crippen molar-refractivity contribution < 1.29 is 9.59 Å². The lowest BCUT2D eigenvalue weighted by molar-refractivity contribution is -0.137. The van der Waals surface area contributed by atoms with Crippen molar-refractivity contribution in [2.24, 2.45) is 5.92 Å². The maximum absolute atomic E-state index is 13.0. The van der Waals surface area contributed by atoms with E-state index >= 15 is 0 Å². The maximum atomic E-state index is 13.0. The zero-order valence-corrected chi connectivity index (χ0v) is 15.5. The molecule has 1 aliphatic carbocycles. The highest BCUT2D eigenvalue weighted by atomic mass is 35.5. The number of hydrogen-bond donors (Lipinski definition) is 1. The number of benzene rings is 1. The van der Waals surface area contributed by atoms with Gasteiger partial charge in [0.2, 0.25) is 11.8 Å². The number of rotatable bonds is 4. The zero-order chi connectivity index (χ0) is 17.8. The fourth-order valence-electron chi connectivity index (χ4n) is 3.96. The van der Waals surface area contributed by atoms with Crippen LogP contribution in [0.1, 0.15) is 32.6 Å². The lowest BCUT2D eigenvalue weighted by atomic mass is 9.96. The Kier molecular flexibility index (Phi) is 5.84. The smallest absolute Gasteiger partial charge is 0.245 e. The molecule has 0 spiro atoms. The summed E-state index contributed by atoms with van der Waals surface area (Å²) in [5.41, 5.74) is 1.02. The quantitative estimate of drug-likeness (QED) is 0.894. The van der Waals surface area contributed by atoms with E-state index in [0.717, 1.165) is 49.5 Å². The highest BCUT2D eigenvalue weighted by Crippen LogP contribution is 2.30. The number of nitrogens with one attached hydrogen (secondary N) is 1. The minimum absolute atomic E-state index is 0.0703. The van der Waals surface area contributed by atoms with E-state index in [0.29, 0.717) is 13.1 Å². The average Bonchev–Trinajstić information content (AvgIpc) is 3.14. The Morgan fingerprint density at radius 2 is 1.76 bits per heavy atom. The molecule has 0 bridgehead atoms. The van der Waals surface area contributed by atoms with Gasteiger partial charge in [-0.15, -0.1) is 0 Å². The standard InChI is InChI=1S/C19H26ClN3O2/c1-14(24)21-18(15-6-2-3-7-15)19(25)23-12-10-22(11-13-23)17-9-5-4-8-16(17)20/h4-5,8-9,15,18H,2-3,6-7,10-13H2,1H3,(H,21,24). The van der Waals surface area contributed by atoms with Crippen LogP contribution in [0.15, 0.2) is 24.3 Å². The Balaban J connectivity index is 1.63. The van der Waals surface area contributed by atoms with Crippen molar-refractivity contribution in [1.29, 1.82) is 0 Å². The van der Waals surface area contributed by atoms with Crippen molar-refractivity contribution >= 4 is 29.1 Å². The fraction of sp³-hybridized carbons (Fsp3) is 0.579. The largest absolute Gasteiger partial charge is 0.367 e. The monoisotopic (exact) mass is 363 g/mol. The van der Waals surface area contributed by atoms with Crippen LogP contribution in [0.5, 0.6) is 0 Å². The van der Waals surface area contributed by atoms with E-state index in [1.165, 1.54) is 6.92 Å². The summed E-state index contributed by atoms with van der Waals surface area (Å²) < 4.78 is 0. The molecule has 25 heavy (non-hydrogen) atoms. The lowest BCUT2D eigenvalue weighted by Crippen LogP contribution is -2.56. The Morgan fingerprint density at radius 3 is 2.36 bits per heavy atom. The number of carbonyl (C=O) groups excluding carboxylic acids is 2. The Labute approximate surface area is 154 Å². The Hall–Kier alpha value is -1.75. The number of amides is 2. The van der Waals surface area contributed by atoms with E-state index in [2.05, 4.69) is 10.2 Å². The molecular weight excluding hydrogens is 338 g/mol. The SMILES string of the molecule is CC(=O)NC(C(=O)N1CCN(c2ccccc2Cl)CC1)C1CCCC1. The molecule has 1 N–H and O–H groups in total. The van der Waals surface area contributed by atoms with Crippen molar-refractivity contribution in [1.82, 2.24) is 10.2 Å². The first-order valence-corrected chi connectivity index (χ1v) is 9.49. The topological polar surface area (TPSA) is 52.7 Å². The van der Waals surface area contributed by atoms with Crippen molar-refractivity contribution in [2.75, 3.05) is 31.1 Å². The molecule has 1 heterocycles. The third kappa shape index (κ3) is 4.27. The highest BCUT2D eigenvalue weighted by Gasteiger charge is 2.35. The second kappa shape index (κ2) is 8.09. The number of hydrogen-bond acceptors (Lipinski definition) is 3. The predicted molar refractivity (Wildman–Crippen MR) is 99.8 cm³/mol. The summed E-state index contributed by atoms with van der Waals surface area (Å²) >= 11 is 6.28. The Morgan fingerprint density at radius 1 is 1.12 bits per heavy atom. The van der Waals surface area contributed by atoms with Crippen molar-refractivity contribution in [3.05, 3.63) is 29.3 Å². The third-order valence-electron chi connectivity index (χ3n) is 5.28. The van der Waals surface area contributed by atoms with Gasteiger partial charge in [-0.05, 0) is 30.9 Å². The number of halogens is 1. The Bertz CT molecular complexity index is 623. The van der Waals surface area contributed by atoms with Gasteiger partial charge in [-0.3, -0.25) is 9.59 Å². The number of piperazine rings is 1. The van der Waals surface area contributed by atoms with Crippen LogP contribution < -0.4 is 10.2 Å². The summed E-state index contributed by atoms with van der Waals surface area (Å²) in [6.07, 6.45) is 4.34. The van der Waals surface area contributed by atoms with Gasteiger partial charge in [0.25, 0.3) is 0 Å². The predicted octanol–water partition coefficient (Wildman–Crippen LogP) is 2.68. The normalized spacial score (nSPS) is 19.8. The molecule has 1 saturated carbocycles. The highest BCUT2D eigenvalue weighted by molar-refractivity contribution is 6.33. The van der Waals surface area contributed by atoms with E-state index in [1.807, 2.05) is 29.2 Å². The van der Waals surface area contributed by atoms with Crippen molar-refractivity contribution in [2.45, 2.75) is 38.6 Å². The summed E-state index contributed by atoms with van der Waals surface area (Å²) in [5, 5.41) is 3.65. The molecule has 136 valence electrons. The first-order chi connectivity index (χ1) is 12.1. The van der Waals surface area contributed by atoms with Crippen LogP contribution in [0.2, 0.25) is 5.02 Å². The molecule has 1 saturated heterocycles. The molecule has 0 radical (unpaired) electrons. The van der Waals surface area contributed by atoms with E-state index in [4.69, 9.17) is 11.6 Å². The molecule has 0 aromatic heterocycles. The first kappa shape index (κ1) is 18.1. The molecule has 2 amide bonds. The molecule has 1 unspecified atom stereocenters. The fourth-order valence-corrected chi connectivity index (χ4v) is 4.22. The van der Waals surface area contributed by atoms with Crippen LogP contribution in [-0.2, 0) is 9.59 Å².